The van der Waals surface area contributed by atoms with E-state index >= 15 is 0 Å². The van der Waals surface area contributed by atoms with E-state index < -0.39 is 34.6 Å². The molecular weight excluding hydrogens is 228 g/mol. The first kappa shape index (κ1) is 12.0. The van der Waals surface area contributed by atoms with Crippen LogP contribution in [0.25, 0.3) is 0 Å². The summed E-state index contributed by atoms with van der Waals surface area (Å²) in [5, 5.41) is 22.1. The summed E-state index contributed by atoms with van der Waals surface area (Å²) in [6.45, 7) is 0. The van der Waals surface area contributed by atoms with Gasteiger partial charge in [-0.2, -0.15) is 13.9 Å². The highest BCUT2D eigenvalue weighted by Gasteiger charge is 2.42. The standard InChI is InChI=1S/C7H7F2N3O4/c1-11-4(2-7(8,9)6(13)14)5(3-10-11)12(15)16/h3H,2H2,1H3,(H,13,14). The number of carboxylic acids is 1. The molecule has 0 radical (unpaired) electrons. The summed E-state index contributed by atoms with van der Waals surface area (Å²) in [6.07, 6.45) is -0.470. The highest BCUT2D eigenvalue weighted by atomic mass is 19.3. The second-order valence-corrected chi connectivity index (χ2v) is 3.04. The number of alkyl halides is 2. The van der Waals surface area contributed by atoms with Gasteiger partial charge in [-0.1, -0.05) is 0 Å². The molecule has 0 atom stereocenters. The molecule has 0 aliphatic carbocycles. The number of hydrogen-bond donors (Lipinski definition) is 1. The molecule has 0 spiro atoms. The Labute approximate surface area is 87.4 Å². The van der Waals surface area contributed by atoms with Crippen molar-refractivity contribution in [3.05, 3.63) is 22.0 Å². The topological polar surface area (TPSA) is 98.3 Å². The smallest absolute Gasteiger partial charge is 0.374 e. The number of carbonyl (C=O) groups is 1. The zero-order valence-electron chi connectivity index (χ0n) is 8.05. The van der Waals surface area contributed by atoms with E-state index in [1.807, 2.05) is 0 Å². The van der Waals surface area contributed by atoms with Crippen LogP contribution < -0.4 is 0 Å². The summed E-state index contributed by atoms with van der Waals surface area (Å²) in [7, 11) is 1.22. The molecule has 7 nitrogen and oxygen atoms in total. The Morgan fingerprint density at radius 1 is 1.75 bits per heavy atom. The predicted molar refractivity (Wildman–Crippen MR) is 46.1 cm³/mol. The van der Waals surface area contributed by atoms with Crippen molar-refractivity contribution < 1.29 is 23.6 Å². The first-order valence-corrected chi connectivity index (χ1v) is 4.02. The van der Waals surface area contributed by atoms with Crippen molar-refractivity contribution in [1.29, 1.82) is 0 Å². The molecule has 1 heterocycles. The number of nitrogens with zero attached hydrogens (tertiary/aromatic N) is 3. The summed E-state index contributed by atoms with van der Waals surface area (Å²) in [5.74, 6) is -6.39. The van der Waals surface area contributed by atoms with Gasteiger partial charge in [-0.25, -0.2) is 4.79 Å². The molecule has 0 aliphatic rings. The van der Waals surface area contributed by atoms with E-state index in [1.54, 1.807) is 0 Å². The first-order valence-electron chi connectivity index (χ1n) is 4.02. The molecule has 0 amide bonds. The number of aryl methyl sites for hydroxylation is 1. The van der Waals surface area contributed by atoms with Gasteiger partial charge in [-0.05, 0) is 0 Å². The van der Waals surface area contributed by atoms with Crippen LogP contribution in [0.15, 0.2) is 6.20 Å². The molecule has 1 N–H and O–H groups in total. The number of aromatic nitrogens is 2. The Morgan fingerprint density at radius 2 is 2.31 bits per heavy atom. The highest BCUT2D eigenvalue weighted by molar-refractivity contribution is 5.75. The van der Waals surface area contributed by atoms with Gasteiger partial charge in [0.05, 0.1) is 11.3 Å². The average Bonchev–Trinajstić information content (AvgIpc) is 2.47. The Morgan fingerprint density at radius 3 is 2.75 bits per heavy atom. The third-order valence-electron chi connectivity index (χ3n) is 1.94. The maximum absolute atomic E-state index is 12.9. The molecule has 0 bridgehead atoms. The lowest BCUT2D eigenvalue weighted by Crippen LogP contribution is -2.31. The molecule has 0 aliphatic heterocycles. The first-order chi connectivity index (χ1) is 7.25. The molecule has 9 heteroatoms. The maximum Gasteiger partial charge on any atom is 0.374 e. The maximum atomic E-state index is 12.9. The second-order valence-electron chi connectivity index (χ2n) is 3.04. The second kappa shape index (κ2) is 3.83. The Balaban J connectivity index is 3.10. The number of carboxylic acid groups (broad SMARTS) is 1. The van der Waals surface area contributed by atoms with Crippen molar-refractivity contribution in [3.63, 3.8) is 0 Å². The number of rotatable bonds is 4. The van der Waals surface area contributed by atoms with Crippen LogP contribution in [0.3, 0.4) is 0 Å². The lowest BCUT2D eigenvalue weighted by Gasteiger charge is -2.10. The van der Waals surface area contributed by atoms with Crippen LogP contribution in [0.4, 0.5) is 14.5 Å². The third kappa shape index (κ3) is 2.12. The summed E-state index contributed by atoms with van der Waals surface area (Å²) in [6, 6.07) is 0. The van der Waals surface area contributed by atoms with Crippen molar-refractivity contribution >= 4 is 11.7 Å². The van der Waals surface area contributed by atoms with Crippen molar-refractivity contribution in [2.24, 2.45) is 7.05 Å². The minimum Gasteiger partial charge on any atom is -0.477 e. The average molecular weight is 235 g/mol. The Hall–Kier alpha value is -2.06. The fraction of sp³-hybridized carbons (Fsp3) is 0.429. The zero-order valence-corrected chi connectivity index (χ0v) is 8.05. The van der Waals surface area contributed by atoms with Crippen LogP contribution in [0.2, 0.25) is 0 Å². The molecule has 1 rings (SSSR count). The normalized spacial score (nSPS) is 11.4. The molecule has 0 saturated heterocycles. The van der Waals surface area contributed by atoms with Crippen LogP contribution in [0.5, 0.6) is 0 Å². The predicted octanol–water partition coefficient (Wildman–Crippen LogP) is 0.591. The molecule has 0 fully saturated rings. The van der Waals surface area contributed by atoms with Gasteiger partial charge in [0.2, 0.25) is 0 Å². The number of aliphatic carboxylic acids is 1. The molecule has 1 aromatic heterocycles. The Bertz CT molecular complexity index is 443. The van der Waals surface area contributed by atoms with Gasteiger partial charge in [-0.15, -0.1) is 0 Å². The van der Waals surface area contributed by atoms with Gasteiger partial charge in [0.25, 0.3) is 0 Å². The van der Waals surface area contributed by atoms with Crippen molar-refractivity contribution in [2.75, 3.05) is 0 Å². The van der Waals surface area contributed by atoms with Crippen molar-refractivity contribution in [2.45, 2.75) is 12.3 Å². The van der Waals surface area contributed by atoms with Gasteiger partial charge in [0.15, 0.2) is 0 Å². The van der Waals surface area contributed by atoms with Crippen LogP contribution in [-0.2, 0) is 18.3 Å². The Kier molecular flexibility index (Phi) is 2.88. The minimum atomic E-state index is -4.06. The lowest BCUT2D eigenvalue weighted by molar-refractivity contribution is -0.385. The molecule has 0 aromatic carbocycles. The SMILES string of the molecule is Cn1ncc([N+](=O)[O-])c1CC(F)(F)C(=O)O. The number of halogens is 2. The van der Waals surface area contributed by atoms with Crippen LogP contribution in [0, 0.1) is 10.1 Å². The lowest BCUT2D eigenvalue weighted by atomic mass is 10.1. The van der Waals surface area contributed by atoms with E-state index in [-0.39, 0.29) is 0 Å². The fourth-order valence-electron chi connectivity index (χ4n) is 1.09. The van der Waals surface area contributed by atoms with Gasteiger partial charge in [0.1, 0.15) is 11.9 Å². The van der Waals surface area contributed by atoms with Gasteiger partial charge >= 0.3 is 17.6 Å². The van der Waals surface area contributed by atoms with Gasteiger partial charge < -0.3 is 5.11 Å². The van der Waals surface area contributed by atoms with Gasteiger partial charge in [0, 0.05) is 7.05 Å². The van der Waals surface area contributed by atoms with E-state index in [4.69, 9.17) is 5.11 Å². The van der Waals surface area contributed by atoms with Crippen molar-refractivity contribution in [1.82, 2.24) is 9.78 Å². The molecule has 1 aromatic rings. The van der Waals surface area contributed by atoms with Crippen LogP contribution >= 0.6 is 0 Å². The van der Waals surface area contributed by atoms with Crippen molar-refractivity contribution in [3.8, 4) is 0 Å². The molecule has 0 unspecified atom stereocenters. The van der Waals surface area contributed by atoms with E-state index in [0.29, 0.717) is 0 Å². The van der Waals surface area contributed by atoms with E-state index in [0.717, 1.165) is 10.9 Å². The summed E-state index contributed by atoms with van der Waals surface area (Å²) < 4.78 is 26.6. The highest BCUT2D eigenvalue weighted by Crippen LogP contribution is 2.26. The molecule has 0 saturated carbocycles. The van der Waals surface area contributed by atoms with E-state index in [1.165, 1.54) is 7.05 Å². The molecule has 16 heavy (non-hydrogen) atoms. The fourth-order valence-corrected chi connectivity index (χ4v) is 1.09. The summed E-state index contributed by atoms with van der Waals surface area (Å²) >= 11 is 0. The third-order valence-corrected chi connectivity index (χ3v) is 1.94. The van der Waals surface area contributed by atoms with Gasteiger partial charge in [-0.3, -0.25) is 14.8 Å². The summed E-state index contributed by atoms with van der Waals surface area (Å²) in [5.41, 5.74) is -1.05. The van der Waals surface area contributed by atoms with Crippen LogP contribution in [-0.4, -0.2) is 31.7 Å². The largest absolute Gasteiger partial charge is 0.477 e. The molecular formula is C7H7F2N3O4. The minimum absolute atomic E-state index is 0.433. The number of hydrogen-bond acceptors (Lipinski definition) is 4. The van der Waals surface area contributed by atoms with E-state index in [9.17, 15) is 23.7 Å². The molecule has 88 valence electrons. The summed E-state index contributed by atoms with van der Waals surface area (Å²) in [4.78, 5) is 19.8. The van der Waals surface area contributed by atoms with E-state index in [2.05, 4.69) is 5.10 Å². The quantitative estimate of drug-likeness (QED) is 0.608. The zero-order chi connectivity index (χ0) is 12.5. The monoisotopic (exact) mass is 235 g/mol. The van der Waals surface area contributed by atoms with Crippen LogP contribution in [0.1, 0.15) is 5.69 Å². The number of nitro groups is 1.